The number of sulfone groups is 1. The van der Waals surface area contributed by atoms with Gasteiger partial charge in [-0.1, -0.05) is 17.7 Å². The molecule has 2 rings (SSSR count). The first-order chi connectivity index (χ1) is 12.2. The lowest BCUT2D eigenvalue weighted by Gasteiger charge is -2.39. The third-order valence-corrected chi connectivity index (χ3v) is 7.06. The number of rotatable bonds is 4. The summed E-state index contributed by atoms with van der Waals surface area (Å²) >= 11 is 0. The van der Waals surface area contributed by atoms with Crippen molar-refractivity contribution in [1.82, 2.24) is 15.5 Å². The van der Waals surface area contributed by atoms with Crippen molar-refractivity contribution >= 4 is 21.7 Å². The van der Waals surface area contributed by atoms with Crippen LogP contribution < -0.4 is 10.6 Å². The van der Waals surface area contributed by atoms with Gasteiger partial charge in [0.25, 0.3) is 5.91 Å². The van der Waals surface area contributed by atoms with Crippen LogP contribution in [0.5, 0.6) is 0 Å². The molecule has 0 aromatic heterocycles. The first-order valence-electron chi connectivity index (χ1n) is 8.69. The van der Waals surface area contributed by atoms with E-state index in [1.807, 2.05) is 30.0 Å². The Hall–Kier alpha value is -2.09. The summed E-state index contributed by atoms with van der Waals surface area (Å²) in [4.78, 5) is 18.3. The Bertz CT molecular complexity index is 787. The van der Waals surface area contributed by atoms with Crippen LogP contribution in [0.4, 0.5) is 0 Å². The Morgan fingerprint density at radius 1 is 1.27 bits per heavy atom. The highest BCUT2D eigenvalue weighted by Gasteiger charge is 2.40. The molecule has 8 heteroatoms. The van der Waals surface area contributed by atoms with Crippen molar-refractivity contribution in [2.45, 2.75) is 25.5 Å². The van der Waals surface area contributed by atoms with Crippen molar-refractivity contribution < 1.29 is 13.2 Å². The molecule has 0 atom stereocenters. The van der Waals surface area contributed by atoms with Crippen molar-refractivity contribution in [3.8, 4) is 0 Å². The number of carbonyl (C=O) groups excluding carboxylic acids is 1. The van der Waals surface area contributed by atoms with Gasteiger partial charge >= 0.3 is 0 Å². The van der Waals surface area contributed by atoms with Crippen LogP contribution in [-0.4, -0.2) is 68.9 Å². The molecule has 7 nitrogen and oxygen atoms in total. The minimum Gasteiger partial charge on any atom is -0.354 e. The van der Waals surface area contributed by atoms with Crippen LogP contribution in [0.2, 0.25) is 0 Å². The van der Waals surface area contributed by atoms with E-state index in [0.717, 1.165) is 5.56 Å². The van der Waals surface area contributed by atoms with Gasteiger partial charge in [0.05, 0.1) is 10.5 Å². The first kappa shape index (κ1) is 20.2. The minimum absolute atomic E-state index is 0.115. The van der Waals surface area contributed by atoms with Crippen LogP contribution in [-0.2, 0) is 9.84 Å². The van der Waals surface area contributed by atoms with Gasteiger partial charge in [-0.3, -0.25) is 9.79 Å². The smallest absolute Gasteiger partial charge is 0.251 e. The number of guanidine groups is 1. The number of hydrogen-bond acceptors (Lipinski definition) is 4. The fourth-order valence-corrected chi connectivity index (χ4v) is 4.26. The van der Waals surface area contributed by atoms with E-state index in [2.05, 4.69) is 15.6 Å². The average Bonchev–Trinajstić information content (AvgIpc) is 2.57. The molecule has 0 radical (unpaired) electrons. The van der Waals surface area contributed by atoms with E-state index in [4.69, 9.17) is 0 Å². The number of nitrogens with one attached hydrogen (secondary N) is 2. The molecule has 1 fully saturated rings. The second-order valence-electron chi connectivity index (χ2n) is 7.10. The van der Waals surface area contributed by atoms with Gasteiger partial charge in [-0.25, -0.2) is 8.42 Å². The van der Waals surface area contributed by atoms with E-state index in [0.29, 0.717) is 37.7 Å². The van der Waals surface area contributed by atoms with Crippen LogP contribution in [0.25, 0.3) is 0 Å². The van der Waals surface area contributed by atoms with Crippen LogP contribution >= 0.6 is 0 Å². The molecule has 26 heavy (non-hydrogen) atoms. The highest BCUT2D eigenvalue weighted by molar-refractivity contribution is 7.92. The number of benzene rings is 1. The number of aliphatic imine (C=N–C) groups is 1. The average molecular weight is 381 g/mol. The number of aryl methyl sites for hydroxylation is 1. The van der Waals surface area contributed by atoms with Crippen LogP contribution in [0.15, 0.2) is 29.3 Å². The van der Waals surface area contributed by atoms with Gasteiger partial charge in [-0.05, 0) is 32.9 Å². The molecule has 1 heterocycles. The van der Waals surface area contributed by atoms with Crippen LogP contribution in [0, 0.1) is 6.92 Å². The minimum atomic E-state index is -3.09. The maximum atomic E-state index is 12.1. The van der Waals surface area contributed by atoms with Gasteiger partial charge in [0.15, 0.2) is 15.8 Å². The summed E-state index contributed by atoms with van der Waals surface area (Å²) in [6, 6.07) is 7.43. The largest absolute Gasteiger partial charge is 0.354 e. The topological polar surface area (TPSA) is 90.9 Å². The lowest BCUT2D eigenvalue weighted by atomic mass is 10.1. The van der Waals surface area contributed by atoms with Crippen molar-refractivity contribution in [1.29, 1.82) is 0 Å². The van der Waals surface area contributed by atoms with Crippen molar-refractivity contribution in [3.05, 3.63) is 35.4 Å². The Labute approximate surface area is 155 Å². The van der Waals surface area contributed by atoms with Gasteiger partial charge in [-0.2, -0.15) is 0 Å². The quantitative estimate of drug-likeness (QED) is 0.458. The van der Waals surface area contributed by atoms with Crippen LogP contribution in [0.3, 0.4) is 0 Å². The highest BCUT2D eigenvalue weighted by Crippen LogP contribution is 2.23. The van der Waals surface area contributed by atoms with Crippen molar-refractivity contribution in [3.63, 3.8) is 0 Å². The van der Waals surface area contributed by atoms with Crippen LogP contribution in [0.1, 0.15) is 29.8 Å². The summed E-state index contributed by atoms with van der Waals surface area (Å²) in [6.07, 6.45) is 0. The predicted molar refractivity (Wildman–Crippen MR) is 104 cm³/mol. The molecule has 1 aliphatic heterocycles. The molecule has 0 spiro atoms. The van der Waals surface area contributed by atoms with E-state index in [-0.39, 0.29) is 11.7 Å². The highest BCUT2D eigenvalue weighted by atomic mass is 32.2. The maximum Gasteiger partial charge on any atom is 0.251 e. The zero-order chi connectivity index (χ0) is 19.4. The van der Waals surface area contributed by atoms with Crippen molar-refractivity contribution in [2.75, 3.05) is 39.0 Å². The normalized spacial score (nSPS) is 19.1. The second-order valence-corrected chi connectivity index (χ2v) is 9.84. The van der Waals surface area contributed by atoms with E-state index in [9.17, 15) is 13.2 Å². The molecule has 0 saturated carbocycles. The summed E-state index contributed by atoms with van der Waals surface area (Å²) in [7, 11) is -1.42. The summed E-state index contributed by atoms with van der Waals surface area (Å²) in [6.45, 7) is 7.19. The monoisotopic (exact) mass is 380 g/mol. The van der Waals surface area contributed by atoms with E-state index < -0.39 is 14.6 Å². The summed E-state index contributed by atoms with van der Waals surface area (Å²) in [5.41, 5.74) is 1.68. The van der Waals surface area contributed by atoms with E-state index in [1.165, 1.54) is 0 Å². The molecule has 1 aromatic rings. The SMILES string of the molecule is CN=C(NCCNC(=O)c1cccc(C)c1)N1CCS(=O)(=O)C(C)(C)C1. The fourth-order valence-electron chi connectivity index (χ4n) is 2.90. The number of nitrogens with zero attached hydrogens (tertiary/aromatic N) is 2. The van der Waals surface area contributed by atoms with Gasteiger partial charge < -0.3 is 15.5 Å². The third-order valence-electron chi connectivity index (χ3n) is 4.53. The van der Waals surface area contributed by atoms with Gasteiger partial charge in [0.1, 0.15) is 0 Å². The molecule has 1 aromatic carbocycles. The van der Waals surface area contributed by atoms with Gasteiger partial charge in [0.2, 0.25) is 0 Å². The molecular weight excluding hydrogens is 352 g/mol. The predicted octanol–water partition coefficient (Wildman–Crippen LogP) is 0.809. The lowest BCUT2D eigenvalue weighted by Crippen LogP contribution is -2.57. The number of amides is 1. The first-order valence-corrected chi connectivity index (χ1v) is 10.3. The van der Waals surface area contributed by atoms with Gasteiger partial charge in [-0.15, -0.1) is 0 Å². The maximum absolute atomic E-state index is 12.1. The molecule has 1 saturated heterocycles. The third kappa shape index (κ3) is 4.75. The molecular formula is C18H28N4O3S. The Morgan fingerprint density at radius 3 is 2.58 bits per heavy atom. The van der Waals surface area contributed by atoms with Gasteiger partial charge in [0, 0.05) is 38.8 Å². The Balaban J connectivity index is 1.84. The summed E-state index contributed by atoms with van der Waals surface area (Å²) in [5, 5.41) is 6.06. The Kier molecular flexibility index (Phi) is 6.28. The van der Waals surface area contributed by atoms with Crippen molar-refractivity contribution in [2.24, 2.45) is 4.99 Å². The molecule has 1 amide bonds. The standard InChI is InChI=1S/C18H28N4O3S/c1-14-6-5-7-15(12-14)16(23)20-8-9-21-17(19-4)22-10-11-26(24,25)18(2,3)13-22/h5-7,12H,8-11,13H2,1-4H3,(H,19,21)(H,20,23). The van der Waals surface area contributed by atoms with E-state index >= 15 is 0 Å². The molecule has 1 aliphatic rings. The fraction of sp³-hybridized carbons (Fsp3) is 0.556. The molecule has 0 bridgehead atoms. The molecule has 0 unspecified atom stereocenters. The number of carbonyl (C=O) groups is 1. The zero-order valence-corrected chi connectivity index (χ0v) is 16.7. The summed E-state index contributed by atoms with van der Waals surface area (Å²) < 4.78 is 23.4. The van der Waals surface area contributed by atoms with E-state index in [1.54, 1.807) is 27.0 Å². The zero-order valence-electron chi connectivity index (χ0n) is 15.9. The lowest BCUT2D eigenvalue weighted by molar-refractivity contribution is 0.0954. The molecule has 2 N–H and O–H groups in total. The summed E-state index contributed by atoms with van der Waals surface area (Å²) in [5.74, 6) is 0.651. The Morgan fingerprint density at radius 2 is 1.96 bits per heavy atom. The second kappa shape index (κ2) is 8.07. The molecule has 0 aliphatic carbocycles. The number of hydrogen-bond donors (Lipinski definition) is 2. The molecule has 144 valence electrons.